The minimum Gasteiger partial charge on any atom is -0.451 e. The van der Waals surface area contributed by atoms with Gasteiger partial charge in [0.05, 0.1) is 0 Å². The first kappa shape index (κ1) is 13.4. The van der Waals surface area contributed by atoms with E-state index in [-0.39, 0.29) is 5.91 Å². The molecule has 2 aliphatic rings. The molecule has 4 heteroatoms. The molecule has 0 spiro atoms. The molecule has 110 valence electrons. The van der Waals surface area contributed by atoms with Crippen molar-refractivity contribution >= 4 is 32.8 Å². The van der Waals surface area contributed by atoms with E-state index in [0.717, 1.165) is 40.4 Å². The Labute approximate surface area is 132 Å². The topological polar surface area (TPSA) is 33.5 Å². The van der Waals surface area contributed by atoms with E-state index in [1.54, 1.807) is 0 Å². The number of furan rings is 1. The highest BCUT2D eigenvalue weighted by Crippen LogP contribution is 2.37. The van der Waals surface area contributed by atoms with Crippen molar-refractivity contribution in [3.63, 3.8) is 0 Å². The van der Waals surface area contributed by atoms with Crippen LogP contribution in [0, 0.1) is 12.8 Å². The van der Waals surface area contributed by atoms with Crippen LogP contribution in [0.2, 0.25) is 0 Å². The van der Waals surface area contributed by atoms with Gasteiger partial charge in [0.15, 0.2) is 5.76 Å². The van der Waals surface area contributed by atoms with Crippen LogP contribution in [0.4, 0.5) is 0 Å². The van der Waals surface area contributed by atoms with Gasteiger partial charge in [0.1, 0.15) is 5.58 Å². The van der Waals surface area contributed by atoms with Crippen molar-refractivity contribution in [3.8, 4) is 0 Å². The summed E-state index contributed by atoms with van der Waals surface area (Å²) < 4.78 is 6.87. The van der Waals surface area contributed by atoms with Crippen molar-refractivity contribution in [3.05, 3.63) is 34.0 Å². The average molecular weight is 348 g/mol. The van der Waals surface area contributed by atoms with E-state index in [1.807, 2.05) is 25.1 Å². The molecule has 2 aliphatic carbocycles. The Bertz CT molecular complexity index is 713. The number of halogens is 1. The predicted molar refractivity (Wildman–Crippen MR) is 85.4 cm³/mol. The van der Waals surface area contributed by atoms with Gasteiger partial charge in [0.25, 0.3) is 5.91 Å². The molecule has 0 radical (unpaired) electrons. The molecule has 0 atom stereocenters. The van der Waals surface area contributed by atoms with Crippen molar-refractivity contribution in [2.24, 2.45) is 5.92 Å². The standard InChI is InChI=1S/C17H18BrNO2/c1-10-14-8-12(18)4-7-15(14)21-16(10)17(20)19(13-5-6-13)9-11-2-3-11/h4,7-8,11,13H,2-3,5-6,9H2,1H3. The number of fused-ring (bicyclic) bond motifs is 1. The molecule has 0 saturated heterocycles. The molecule has 0 bridgehead atoms. The van der Waals surface area contributed by atoms with Crippen LogP contribution in [-0.2, 0) is 0 Å². The molecular formula is C17H18BrNO2. The molecule has 1 heterocycles. The van der Waals surface area contributed by atoms with Crippen molar-refractivity contribution in [2.45, 2.75) is 38.6 Å². The molecule has 0 aliphatic heterocycles. The fourth-order valence-electron chi connectivity index (χ4n) is 2.89. The fraction of sp³-hybridized carbons (Fsp3) is 0.471. The third-order valence-corrected chi connectivity index (χ3v) is 4.99. The highest BCUT2D eigenvalue weighted by Gasteiger charge is 2.38. The number of hydrogen-bond donors (Lipinski definition) is 0. The van der Waals surface area contributed by atoms with Crippen LogP contribution in [0.25, 0.3) is 11.0 Å². The van der Waals surface area contributed by atoms with Crippen LogP contribution in [-0.4, -0.2) is 23.4 Å². The highest BCUT2D eigenvalue weighted by atomic mass is 79.9. The minimum atomic E-state index is 0.0780. The summed E-state index contributed by atoms with van der Waals surface area (Å²) in [6, 6.07) is 6.33. The van der Waals surface area contributed by atoms with E-state index in [1.165, 1.54) is 12.8 Å². The van der Waals surface area contributed by atoms with Gasteiger partial charge in [-0.1, -0.05) is 15.9 Å². The Morgan fingerprint density at radius 2 is 2.10 bits per heavy atom. The maximum atomic E-state index is 12.9. The Morgan fingerprint density at radius 1 is 1.33 bits per heavy atom. The average Bonchev–Trinajstić information content (AvgIpc) is 3.35. The zero-order valence-corrected chi connectivity index (χ0v) is 13.6. The molecule has 2 fully saturated rings. The lowest BCUT2D eigenvalue weighted by Crippen LogP contribution is -2.35. The highest BCUT2D eigenvalue weighted by molar-refractivity contribution is 9.10. The van der Waals surface area contributed by atoms with Gasteiger partial charge in [-0.15, -0.1) is 0 Å². The third-order valence-electron chi connectivity index (χ3n) is 4.49. The number of aryl methyl sites for hydroxylation is 1. The van der Waals surface area contributed by atoms with Gasteiger partial charge >= 0.3 is 0 Å². The number of carbonyl (C=O) groups excluding carboxylic acids is 1. The summed E-state index contributed by atoms with van der Waals surface area (Å²) in [4.78, 5) is 14.9. The SMILES string of the molecule is Cc1c(C(=O)N(CC2CC2)C2CC2)oc2ccc(Br)cc12. The maximum Gasteiger partial charge on any atom is 0.290 e. The lowest BCUT2D eigenvalue weighted by atomic mass is 10.1. The first-order valence-electron chi connectivity index (χ1n) is 7.63. The van der Waals surface area contributed by atoms with Crippen LogP contribution >= 0.6 is 15.9 Å². The molecule has 3 nitrogen and oxygen atoms in total. The van der Waals surface area contributed by atoms with Crippen molar-refractivity contribution in [1.29, 1.82) is 0 Å². The van der Waals surface area contributed by atoms with Gasteiger partial charge in [-0.3, -0.25) is 4.79 Å². The Hall–Kier alpha value is -1.29. The summed E-state index contributed by atoms with van der Waals surface area (Å²) >= 11 is 3.48. The maximum absolute atomic E-state index is 12.9. The van der Waals surface area contributed by atoms with Gasteiger partial charge in [0.2, 0.25) is 0 Å². The molecule has 0 unspecified atom stereocenters. The lowest BCUT2D eigenvalue weighted by Gasteiger charge is -2.21. The predicted octanol–water partition coefficient (Wildman–Crippen LogP) is 4.52. The number of benzene rings is 1. The molecule has 1 amide bonds. The number of carbonyl (C=O) groups is 1. The summed E-state index contributed by atoms with van der Waals surface area (Å²) in [5.74, 6) is 1.32. The van der Waals surface area contributed by atoms with E-state index >= 15 is 0 Å². The van der Waals surface area contributed by atoms with Crippen LogP contribution in [0.15, 0.2) is 27.1 Å². The van der Waals surface area contributed by atoms with Crippen LogP contribution < -0.4 is 0 Å². The molecule has 2 saturated carbocycles. The molecule has 2 aromatic rings. The van der Waals surface area contributed by atoms with E-state index in [2.05, 4.69) is 20.8 Å². The van der Waals surface area contributed by atoms with Gasteiger partial charge in [-0.25, -0.2) is 0 Å². The Kier molecular flexibility index (Phi) is 3.10. The fourth-order valence-corrected chi connectivity index (χ4v) is 3.25. The van der Waals surface area contributed by atoms with Crippen molar-refractivity contribution in [2.75, 3.05) is 6.54 Å². The van der Waals surface area contributed by atoms with E-state index < -0.39 is 0 Å². The van der Waals surface area contributed by atoms with E-state index in [4.69, 9.17) is 4.42 Å². The van der Waals surface area contributed by atoms with Gasteiger partial charge in [0, 0.05) is 28.0 Å². The summed E-state index contributed by atoms with van der Waals surface area (Å²) in [5.41, 5.74) is 1.75. The largest absolute Gasteiger partial charge is 0.451 e. The number of nitrogens with zero attached hydrogens (tertiary/aromatic N) is 1. The Balaban J connectivity index is 1.70. The Morgan fingerprint density at radius 3 is 2.76 bits per heavy atom. The smallest absolute Gasteiger partial charge is 0.290 e. The van der Waals surface area contributed by atoms with E-state index in [9.17, 15) is 4.79 Å². The minimum absolute atomic E-state index is 0.0780. The molecule has 1 aromatic heterocycles. The first-order valence-corrected chi connectivity index (χ1v) is 8.42. The molecule has 4 rings (SSSR count). The summed E-state index contributed by atoms with van der Waals surface area (Å²) in [7, 11) is 0. The van der Waals surface area contributed by atoms with E-state index in [0.29, 0.717) is 17.7 Å². The second kappa shape index (κ2) is 4.87. The number of rotatable bonds is 4. The zero-order chi connectivity index (χ0) is 14.6. The van der Waals surface area contributed by atoms with Crippen molar-refractivity contribution in [1.82, 2.24) is 4.90 Å². The number of hydrogen-bond acceptors (Lipinski definition) is 2. The van der Waals surface area contributed by atoms with Gasteiger partial charge < -0.3 is 9.32 Å². The summed E-state index contributed by atoms with van der Waals surface area (Å²) in [6.07, 6.45) is 4.82. The summed E-state index contributed by atoms with van der Waals surface area (Å²) in [5, 5.41) is 1.02. The monoisotopic (exact) mass is 347 g/mol. The second-order valence-corrected chi connectivity index (χ2v) is 7.24. The van der Waals surface area contributed by atoms with Crippen LogP contribution in [0.3, 0.4) is 0 Å². The zero-order valence-electron chi connectivity index (χ0n) is 12.1. The third kappa shape index (κ3) is 2.50. The molecule has 1 aromatic carbocycles. The van der Waals surface area contributed by atoms with Crippen molar-refractivity contribution < 1.29 is 9.21 Å². The van der Waals surface area contributed by atoms with Gasteiger partial charge in [-0.05, 0) is 56.7 Å². The molecule has 21 heavy (non-hydrogen) atoms. The first-order chi connectivity index (χ1) is 10.1. The normalized spacial score (nSPS) is 18.2. The molecular weight excluding hydrogens is 330 g/mol. The summed E-state index contributed by atoms with van der Waals surface area (Å²) in [6.45, 7) is 2.89. The quantitative estimate of drug-likeness (QED) is 0.814. The lowest BCUT2D eigenvalue weighted by molar-refractivity contribution is 0.0704. The van der Waals surface area contributed by atoms with Crippen LogP contribution in [0.1, 0.15) is 41.8 Å². The van der Waals surface area contributed by atoms with Crippen LogP contribution in [0.5, 0.6) is 0 Å². The molecule has 0 N–H and O–H groups in total. The second-order valence-electron chi connectivity index (χ2n) is 6.33. The number of amides is 1. The van der Waals surface area contributed by atoms with Gasteiger partial charge in [-0.2, -0.15) is 0 Å².